The minimum Gasteiger partial charge on any atom is -0.357 e. The van der Waals surface area contributed by atoms with Gasteiger partial charge < -0.3 is 15.1 Å². The molecule has 1 aromatic heterocycles. The van der Waals surface area contributed by atoms with Gasteiger partial charge in [-0.3, -0.25) is 0 Å². The van der Waals surface area contributed by atoms with Gasteiger partial charge in [0.25, 0.3) is 0 Å². The van der Waals surface area contributed by atoms with Crippen molar-refractivity contribution in [3.63, 3.8) is 0 Å². The molecule has 1 unspecified atom stereocenters. The predicted molar refractivity (Wildman–Crippen MR) is 74.3 cm³/mol. The van der Waals surface area contributed by atoms with Crippen LogP contribution in [-0.2, 0) is 0 Å². The molecular formula is C12H22N6. The lowest BCUT2D eigenvalue weighted by molar-refractivity contribution is 0.596. The standard InChI is InChI=1S/C12H22N6/c1-8(9-6-7-9)18(5)12-15-10(13-2)14-11(16-12)17(3)4/h8-9H,6-7H2,1-5H3,(H,13,14,15,16). The molecule has 1 N–H and O–H groups in total. The highest BCUT2D eigenvalue weighted by molar-refractivity contribution is 5.44. The van der Waals surface area contributed by atoms with Gasteiger partial charge in [0.1, 0.15) is 0 Å². The Labute approximate surface area is 108 Å². The van der Waals surface area contributed by atoms with E-state index in [-0.39, 0.29) is 0 Å². The van der Waals surface area contributed by atoms with Crippen molar-refractivity contribution >= 4 is 17.8 Å². The molecule has 0 aromatic carbocycles. The fourth-order valence-electron chi connectivity index (χ4n) is 1.90. The Morgan fingerprint density at radius 3 is 2.22 bits per heavy atom. The van der Waals surface area contributed by atoms with Gasteiger partial charge in [-0.05, 0) is 25.7 Å². The molecule has 0 spiro atoms. The molecule has 6 heteroatoms. The first-order chi connectivity index (χ1) is 8.52. The number of rotatable bonds is 5. The fourth-order valence-corrected chi connectivity index (χ4v) is 1.90. The summed E-state index contributed by atoms with van der Waals surface area (Å²) in [6, 6.07) is 0.479. The molecule has 0 aliphatic heterocycles. The fraction of sp³-hybridized carbons (Fsp3) is 0.750. The maximum absolute atomic E-state index is 4.50. The molecule has 1 aliphatic rings. The van der Waals surface area contributed by atoms with Crippen LogP contribution in [0.3, 0.4) is 0 Å². The van der Waals surface area contributed by atoms with Crippen molar-refractivity contribution in [2.24, 2.45) is 5.92 Å². The molecular weight excluding hydrogens is 228 g/mol. The zero-order chi connectivity index (χ0) is 13.3. The van der Waals surface area contributed by atoms with Crippen molar-refractivity contribution in [1.82, 2.24) is 15.0 Å². The third kappa shape index (κ3) is 2.63. The summed E-state index contributed by atoms with van der Waals surface area (Å²) in [7, 11) is 7.74. The lowest BCUT2D eigenvalue weighted by Gasteiger charge is -2.25. The SMILES string of the molecule is CNc1nc(N(C)C)nc(N(C)C(C)C2CC2)n1. The number of hydrogen-bond acceptors (Lipinski definition) is 6. The predicted octanol–water partition coefficient (Wildman–Crippen LogP) is 1.21. The summed E-state index contributed by atoms with van der Waals surface area (Å²) < 4.78 is 0. The molecule has 1 aromatic rings. The third-order valence-corrected chi connectivity index (χ3v) is 3.47. The molecule has 1 saturated carbocycles. The molecule has 6 nitrogen and oxygen atoms in total. The molecule has 100 valence electrons. The minimum atomic E-state index is 0.479. The molecule has 1 fully saturated rings. The molecule has 2 rings (SSSR count). The van der Waals surface area contributed by atoms with Crippen LogP contribution in [0.15, 0.2) is 0 Å². The topological polar surface area (TPSA) is 57.2 Å². The maximum Gasteiger partial charge on any atom is 0.231 e. The van der Waals surface area contributed by atoms with E-state index in [0.29, 0.717) is 17.9 Å². The highest BCUT2D eigenvalue weighted by atomic mass is 15.3. The Bertz CT molecular complexity index is 415. The van der Waals surface area contributed by atoms with Gasteiger partial charge >= 0.3 is 0 Å². The van der Waals surface area contributed by atoms with E-state index >= 15 is 0 Å². The molecule has 18 heavy (non-hydrogen) atoms. The monoisotopic (exact) mass is 250 g/mol. The summed E-state index contributed by atoms with van der Waals surface area (Å²) in [6.45, 7) is 2.23. The van der Waals surface area contributed by atoms with Gasteiger partial charge in [0, 0.05) is 34.2 Å². The molecule has 0 saturated heterocycles. The normalized spacial score (nSPS) is 16.3. The number of aromatic nitrogens is 3. The average Bonchev–Trinajstić information content (AvgIpc) is 3.20. The quantitative estimate of drug-likeness (QED) is 0.848. The van der Waals surface area contributed by atoms with Crippen LogP contribution in [0.2, 0.25) is 0 Å². The highest BCUT2D eigenvalue weighted by Gasteiger charge is 2.31. The van der Waals surface area contributed by atoms with Gasteiger partial charge in [0.15, 0.2) is 0 Å². The first-order valence-electron chi connectivity index (χ1n) is 6.37. The van der Waals surface area contributed by atoms with Gasteiger partial charge in [0.05, 0.1) is 0 Å². The summed E-state index contributed by atoms with van der Waals surface area (Å²) in [5, 5.41) is 2.99. The highest BCUT2D eigenvalue weighted by Crippen LogP contribution is 2.35. The number of anilines is 3. The Hall–Kier alpha value is -1.59. The van der Waals surface area contributed by atoms with Crippen LogP contribution in [0.5, 0.6) is 0 Å². The molecule has 0 radical (unpaired) electrons. The van der Waals surface area contributed by atoms with Crippen molar-refractivity contribution < 1.29 is 0 Å². The average molecular weight is 250 g/mol. The van der Waals surface area contributed by atoms with Crippen molar-refractivity contribution in [3.8, 4) is 0 Å². The number of hydrogen-bond donors (Lipinski definition) is 1. The summed E-state index contributed by atoms with van der Waals surface area (Å²) >= 11 is 0. The van der Waals surface area contributed by atoms with E-state index in [2.05, 4.69) is 39.1 Å². The van der Waals surface area contributed by atoms with Gasteiger partial charge in [0.2, 0.25) is 17.8 Å². The van der Waals surface area contributed by atoms with Crippen LogP contribution in [0.25, 0.3) is 0 Å². The second-order valence-corrected chi connectivity index (χ2v) is 5.09. The van der Waals surface area contributed by atoms with E-state index in [1.807, 2.05) is 26.0 Å². The molecule has 0 amide bonds. The maximum atomic E-state index is 4.50. The van der Waals surface area contributed by atoms with Crippen molar-refractivity contribution in [2.45, 2.75) is 25.8 Å². The molecule has 1 heterocycles. The van der Waals surface area contributed by atoms with E-state index < -0.39 is 0 Å². The van der Waals surface area contributed by atoms with Crippen LogP contribution in [0.1, 0.15) is 19.8 Å². The second kappa shape index (κ2) is 4.96. The third-order valence-electron chi connectivity index (χ3n) is 3.47. The van der Waals surface area contributed by atoms with Gasteiger partial charge in [-0.25, -0.2) is 0 Å². The van der Waals surface area contributed by atoms with E-state index in [9.17, 15) is 0 Å². The summed E-state index contributed by atoms with van der Waals surface area (Å²) in [5.74, 6) is 2.81. The minimum absolute atomic E-state index is 0.479. The van der Waals surface area contributed by atoms with Crippen LogP contribution < -0.4 is 15.1 Å². The van der Waals surface area contributed by atoms with Crippen LogP contribution in [0.4, 0.5) is 17.8 Å². The summed E-state index contributed by atoms with van der Waals surface area (Å²) in [5.41, 5.74) is 0. The lowest BCUT2D eigenvalue weighted by Crippen LogP contribution is -2.33. The Balaban J connectivity index is 2.27. The first kappa shape index (κ1) is 12.9. The summed E-state index contributed by atoms with van der Waals surface area (Å²) in [4.78, 5) is 17.3. The molecule has 1 atom stereocenters. The Morgan fingerprint density at radius 2 is 1.72 bits per heavy atom. The van der Waals surface area contributed by atoms with Crippen molar-refractivity contribution in [3.05, 3.63) is 0 Å². The zero-order valence-electron chi connectivity index (χ0n) is 11.8. The van der Waals surface area contributed by atoms with E-state index in [0.717, 1.165) is 11.9 Å². The number of nitrogens with one attached hydrogen (secondary N) is 1. The van der Waals surface area contributed by atoms with Crippen molar-refractivity contribution in [2.75, 3.05) is 43.3 Å². The van der Waals surface area contributed by atoms with E-state index in [1.165, 1.54) is 12.8 Å². The largest absolute Gasteiger partial charge is 0.357 e. The Morgan fingerprint density at radius 1 is 1.11 bits per heavy atom. The first-order valence-corrected chi connectivity index (χ1v) is 6.37. The lowest BCUT2D eigenvalue weighted by atomic mass is 10.2. The van der Waals surface area contributed by atoms with E-state index in [4.69, 9.17) is 0 Å². The van der Waals surface area contributed by atoms with Crippen LogP contribution >= 0.6 is 0 Å². The van der Waals surface area contributed by atoms with Gasteiger partial charge in [-0.15, -0.1) is 0 Å². The Kier molecular flexibility index (Phi) is 3.54. The molecule has 1 aliphatic carbocycles. The van der Waals surface area contributed by atoms with Crippen LogP contribution in [0, 0.1) is 5.92 Å². The summed E-state index contributed by atoms with van der Waals surface area (Å²) in [6.07, 6.45) is 2.63. The van der Waals surface area contributed by atoms with Crippen LogP contribution in [-0.4, -0.2) is 49.2 Å². The van der Waals surface area contributed by atoms with Gasteiger partial charge in [-0.2, -0.15) is 15.0 Å². The van der Waals surface area contributed by atoms with Gasteiger partial charge in [-0.1, -0.05) is 0 Å². The second-order valence-electron chi connectivity index (χ2n) is 5.09. The van der Waals surface area contributed by atoms with E-state index in [1.54, 1.807) is 0 Å². The number of nitrogens with zero attached hydrogens (tertiary/aromatic N) is 5. The smallest absolute Gasteiger partial charge is 0.231 e. The van der Waals surface area contributed by atoms with Crippen molar-refractivity contribution in [1.29, 1.82) is 0 Å². The molecule has 0 bridgehead atoms. The zero-order valence-corrected chi connectivity index (χ0v) is 11.8.